The standard InChI is InChI=1S/C24H32F6O2.C18H28F6O.C6H6O2/c1-22(16-14-18-17-19(31)12-13-20(18)32-22)15-10-8-6-4-2-3-5-7-9-11-21(23(25,26)27)24(28,29)30;1-15(13-14-25)11-9-7-5-3-2-4-6-8-10-12-16(17(19,20)21)18(22,23)24;7-5-1-2-6(8)4-3-5/h10,12-13,15,17,21,31H,2-9,11,14,16H2,1H3;9,11,13,16,25H,2-8,10,12,14H2,1H3;1-4,7-8H/b15-10+;11-9+,15-13+;. The summed E-state index contributed by atoms with van der Waals surface area (Å²) in [5.74, 6) is -5.05. The molecule has 2 aromatic carbocycles. The summed E-state index contributed by atoms with van der Waals surface area (Å²) in [6, 6.07) is 10.8. The van der Waals surface area contributed by atoms with Crippen LogP contribution in [0.25, 0.3) is 0 Å². The van der Waals surface area contributed by atoms with Gasteiger partial charge >= 0.3 is 24.7 Å². The molecule has 3 rings (SSSR count). The first kappa shape index (κ1) is 59.0. The number of fused-ring (bicyclic) bond motifs is 1. The Bertz CT molecular complexity index is 1620. The van der Waals surface area contributed by atoms with E-state index in [0.29, 0.717) is 25.7 Å². The van der Waals surface area contributed by atoms with E-state index in [0.717, 1.165) is 93.9 Å². The summed E-state index contributed by atoms with van der Waals surface area (Å²) in [7, 11) is 0. The van der Waals surface area contributed by atoms with Crippen LogP contribution in [0.15, 0.2) is 78.4 Å². The Labute approximate surface area is 375 Å². The van der Waals surface area contributed by atoms with Crippen molar-refractivity contribution in [3.8, 4) is 23.0 Å². The number of rotatable bonds is 23. The van der Waals surface area contributed by atoms with Crippen molar-refractivity contribution in [2.45, 2.75) is 173 Å². The molecule has 17 heteroatoms. The zero-order valence-electron chi connectivity index (χ0n) is 37.2. The maximum atomic E-state index is 12.5. The third-order valence-corrected chi connectivity index (χ3v) is 10.7. The predicted octanol–water partition coefficient (Wildman–Crippen LogP) is 16.1. The summed E-state index contributed by atoms with van der Waals surface area (Å²) in [6.45, 7) is 3.94. The first-order chi connectivity index (χ1) is 30.3. The minimum absolute atomic E-state index is 0.0167. The van der Waals surface area contributed by atoms with Gasteiger partial charge in [-0.1, -0.05) is 107 Å². The van der Waals surface area contributed by atoms with Crippen molar-refractivity contribution in [3.05, 3.63) is 84.0 Å². The maximum absolute atomic E-state index is 12.5. The molecule has 0 amide bonds. The van der Waals surface area contributed by atoms with E-state index in [1.54, 1.807) is 24.3 Å². The van der Waals surface area contributed by atoms with Gasteiger partial charge in [0.15, 0.2) is 11.8 Å². The number of aryl methyl sites for hydroxylation is 1. The molecule has 2 aromatic rings. The van der Waals surface area contributed by atoms with Gasteiger partial charge in [0, 0.05) is 0 Å². The fourth-order valence-corrected chi connectivity index (χ4v) is 6.94. The van der Waals surface area contributed by atoms with Crippen molar-refractivity contribution in [1.82, 2.24) is 0 Å². The van der Waals surface area contributed by atoms with E-state index in [-0.39, 0.29) is 42.3 Å². The predicted molar refractivity (Wildman–Crippen MR) is 229 cm³/mol. The van der Waals surface area contributed by atoms with Gasteiger partial charge in [-0.15, -0.1) is 0 Å². The van der Waals surface area contributed by atoms with Gasteiger partial charge in [-0.3, -0.25) is 0 Å². The summed E-state index contributed by atoms with van der Waals surface area (Å²) >= 11 is 0. The molecular formula is C48H66F12O5. The van der Waals surface area contributed by atoms with Crippen LogP contribution in [-0.4, -0.2) is 57.3 Å². The molecule has 4 N–H and O–H groups in total. The van der Waals surface area contributed by atoms with Crippen LogP contribution < -0.4 is 4.74 Å². The molecule has 5 nitrogen and oxygen atoms in total. The van der Waals surface area contributed by atoms with Crippen molar-refractivity contribution in [2.24, 2.45) is 11.8 Å². The molecule has 0 aromatic heterocycles. The Hall–Kier alpha value is -4.02. The first-order valence-corrected chi connectivity index (χ1v) is 22.2. The highest BCUT2D eigenvalue weighted by Crippen LogP contribution is 2.43. The molecule has 1 heterocycles. The second-order valence-corrected chi connectivity index (χ2v) is 16.5. The highest BCUT2D eigenvalue weighted by atomic mass is 19.4. The van der Waals surface area contributed by atoms with Crippen LogP contribution in [0.1, 0.15) is 141 Å². The number of halogens is 12. The molecule has 0 bridgehead atoms. The summed E-state index contributed by atoms with van der Waals surface area (Å²) < 4.78 is 155. The van der Waals surface area contributed by atoms with E-state index >= 15 is 0 Å². The van der Waals surface area contributed by atoms with Crippen molar-refractivity contribution in [1.29, 1.82) is 0 Å². The second kappa shape index (κ2) is 29.6. The van der Waals surface area contributed by atoms with Crippen LogP contribution in [-0.2, 0) is 6.42 Å². The molecule has 0 saturated heterocycles. The number of aromatic hydroxyl groups is 3. The van der Waals surface area contributed by atoms with Crippen LogP contribution in [0.2, 0.25) is 0 Å². The molecular weight excluding hydrogens is 884 g/mol. The van der Waals surface area contributed by atoms with E-state index in [2.05, 4.69) is 12.2 Å². The molecule has 1 unspecified atom stereocenters. The van der Waals surface area contributed by atoms with E-state index < -0.39 is 49.4 Å². The van der Waals surface area contributed by atoms with Gasteiger partial charge < -0.3 is 25.2 Å². The zero-order chi connectivity index (χ0) is 49.2. The van der Waals surface area contributed by atoms with E-state index in [1.807, 2.05) is 26.0 Å². The first-order valence-electron chi connectivity index (χ1n) is 22.2. The lowest BCUT2D eigenvalue weighted by atomic mass is 9.91. The molecule has 65 heavy (non-hydrogen) atoms. The third-order valence-electron chi connectivity index (χ3n) is 10.7. The van der Waals surface area contributed by atoms with Crippen LogP contribution in [0, 0.1) is 11.8 Å². The number of hydrogen-bond donors (Lipinski definition) is 4. The Balaban J connectivity index is 0.000000566. The van der Waals surface area contributed by atoms with Gasteiger partial charge in [-0.05, 0) is 119 Å². The fraction of sp³-hybridized carbons (Fsp3) is 0.625. The highest BCUT2D eigenvalue weighted by Gasteiger charge is 2.56. The molecule has 0 spiro atoms. The quantitative estimate of drug-likeness (QED) is 0.0293. The van der Waals surface area contributed by atoms with Gasteiger partial charge in [-0.2, -0.15) is 52.7 Å². The van der Waals surface area contributed by atoms with Gasteiger partial charge in [0.25, 0.3) is 0 Å². The summed E-state index contributed by atoms with van der Waals surface area (Å²) in [4.78, 5) is 0. The smallest absolute Gasteiger partial charge is 0.400 e. The number of alkyl halides is 12. The zero-order valence-corrected chi connectivity index (χ0v) is 37.2. The molecule has 372 valence electrons. The van der Waals surface area contributed by atoms with Crippen LogP contribution >= 0.6 is 0 Å². The summed E-state index contributed by atoms with van der Waals surface area (Å²) in [5, 5.41) is 35.5. The Morgan fingerprint density at radius 3 is 1.38 bits per heavy atom. The van der Waals surface area contributed by atoms with Crippen molar-refractivity contribution in [3.63, 3.8) is 0 Å². The average molecular weight is 951 g/mol. The average Bonchev–Trinajstić information content (AvgIpc) is 3.18. The number of unbranched alkanes of at least 4 members (excludes halogenated alkanes) is 14. The summed E-state index contributed by atoms with van der Waals surface area (Å²) in [6.07, 6.45) is 0.0593. The summed E-state index contributed by atoms with van der Waals surface area (Å²) in [5.41, 5.74) is 1.62. The minimum Gasteiger partial charge on any atom is -0.508 e. The minimum atomic E-state index is -5.22. The van der Waals surface area contributed by atoms with Crippen LogP contribution in [0.3, 0.4) is 0 Å². The van der Waals surface area contributed by atoms with Crippen LogP contribution in [0.4, 0.5) is 52.7 Å². The largest absolute Gasteiger partial charge is 0.508 e. The lowest BCUT2D eigenvalue weighted by Gasteiger charge is -2.33. The molecule has 1 aliphatic rings. The number of allylic oxidation sites excluding steroid dienone is 4. The normalized spacial score (nSPS) is 16.0. The monoisotopic (exact) mass is 950 g/mol. The number of aliphatic hydroxyl groups is 1. The number of phenolic OH excluding ortho intramolecular Hbond substituents is 3. The topological polar surface area (TPSA) is 90.2 Å². The molecule has 0 radical (unpaired) electrons. The number of ether oxygens (including phenoxy) is 1. The highest BCUT2D eigenvalue weighted by molar-refractivity contribution is 5.42. The van der Waals surface area contributed by atoms with Crippen molar-refractivity contribution in [2.75, 3.05) is 6.61 Å². The van der Waals surface area contributed by atoms with Gasteiger partial charge in [0.2, 0.25) is 0 Å². The Morgan fingerprint density at radius 2 is 0.969 bits per heavy atom. The molecule has 0 saturated carbocycles. The maximum Gasteiger partial charge on any atom is 0.400 e. The van der Waals surface area contributed by atoms with E-state index in [4.69, 9.17) is 20.1 Å². The number of phenols is 3. The molecule has 1 aliphatic heterocycles. The number of benzene rings is 2. The molecule has 1 atom stereocenters. The van der Waals surface area contributed by atoms with Crippen LogP contribution in [0.5, 0.6) is 23.0 Å². The van der Waals surface area contributed by atoms with E-state index in [9.17, 15) is 57.8 Å². The molecule has 0 aliphatic carbocycles. The lowest BCUT2D eigenvalue weighted by Crippen LogP contribution is -2.36. The van der Waals surface area contributed by atoms with Crippen molar-refractivity contribution >= 4 is 0 Å². The second-order valence-electron chi connectivity index (χ2n) is 16.5. The van der Waals surface area contributed by atoms with Crippen molar-refractivity contribution < 1.29 is 77.8 Å². The Morgan fingerprint density at radius 1 is 0.585 bits per heavy atom. The Kier molecular flexibility index (Phi) is 26.9. The number of hydrogen-bond acceptors (Lipinski definition) is 5. The van der Waals surface area contributed by atoms with Gasteiger partial charge in [0.05, 0.1) is 6.61 Å². The fourth-order valence-electron chi connectivity index (χ4n) is 6.94. The number of aliphatic hydroxyl groups excluding tert-OH is 1. The molecule has 0 fully saturated rings. The lowest BCUT2D eigenvalue weighted by molar-refractivity contribution is -0.287. The third kappa shape index (κ3) is 27.3. The SMILES string of the molecule is CC(/C=C/CCCCCCCCCC(C(F)(F)F)C(F)(F)F)=C\CO.CC1(/C=C/CCCCCCCCCC(C(F)(F)F)C(F)(F)F)CCc2cc(O)ccc2O1.Oc1ccc(O)cc1. The van der Waals surface area contributed by atoms with Gasteiger partial charge in [-0.25, -0.2) is 0 Å². The van der Waals surface area contributed by atoms with E-state index in [1.165, 1.54) is 24.3 Å². The van der Waals surface area contributed by atoms with Gasteiger partial charge in [0.1, 0.15) is 28.6 Å².